The molecule has 3 heteroatoms. The highest BCUT2D eigenvalue weighted by Crippen LogP contribution is 2.13. The van der Waals surface area contributed by atoms with Crippen LogP contribution in [-0.4, -0.2) is 11.0 Å². The summed E-state index contributed by atoms with van der Waals surface area (Å²) in [6, 6.07) is 0. The topological polar surface area (TPSA) is 9.23 Å². The van der Waals surface area contributed by atoms with Crippen molar-refractivity contribution in [3.63, 3.8) is 0 Å². The Balaban J connectivity index is 3.39. The molecular formula is C6H12OS2. The molecule has 0 unspecified atom stereocenters. The van der Waals surface area contributed by atoms with Crippen LogP contribution in [0.3, 0.4) is 0 Å². The van der Waals surface area contributed by atoms with Gasteiger partial charge in [0.1, 0.15) is 0 Å². The molecular weight excluding hydrogens is 152 g/mol. The van der Waals surface area contributed by atoms with Crippen LogP contribution in [0.15, 0.2) is 0 Å². The monoisotopic (exact) mass is 164 g/mol. The van der Waals surface area contributed by atoms with E-state index in [0.717, 1.165) is 0 Å². The molecule has 0 rings (SSSR count). The van der Waals surface area contributed by atoms with Crippen LogP contribution < -0.4 is 0 Å². The number of hydrogen-bond acceptors (Lipinski definition) is 2. The molecule has 1 nitrogen and oxygen atoms in total. The van der Waals surface area contributed by atoms with Gasteiger partial charge < -0.3 is 4.74 Å². The van der Waals surface area contributed by atoms with Gasteiger partial charge in [-0.3, -0.25) is 0 Å². The van der Waals surface area contributed by atoms with Gasteiger partial charge >= 0.3 is 0 Å². The average Bonchev–Trinajstić information content (AvgIpc) is 1.59. The molecule has 0 saturated heterocycles. The van der Waals surface area contributed by atoms with Crippen molar-refractivity contribution in [2.24, 2.45) is 5.41 Å². The minimum atomic E-state index is 0.173. The maximum Gasteiger partial charge on any atom is 0.216 e. The van der Waals surface area contributed by atoms with Gasteiger partial charge in [0.15, 0.2) is 0 Å². The summed E-state index contributed by atoms with van der Waals surface area (Å²) >= 11 is 8.42. The second kappa shape index (κ2) is 3.42. The fourth-order valence-electron chi connectivity index (χ4n) is 0.278. The Kier molecular flexibility index (Phi) is 3.51. The molecule has 0 aliphatic rings. The zero-order valence-electron chi connectivity index (χ0n) is 5.97. The number of thiocarbonyl (C=S) groups is 1. The van der Waals surface area contributed by atoms with Crippen LogP contribution in [0.25, 0.3) is 0 Å². The molecule has 0 saturated carbocycles. The van der Waals surface area contributed by atoms with Crippen LogP contribution in [0, 0.1) is 5.41 Å². The highest BCUT2D eigenvalue weighted by atomic mass is 32.1. The van der Waals surface area contributed by atoms with Gasteiger partial charge in [-0.1, -0.05) is 33.4 Å². The Labute approximate surface area is 67.2 Å². The van der Waals surface area contributed by atoms with Gasteiger partial charge in [0.05, 0.1) is 6.61 Å². The first-order valence-corrected chi connectivity index (χ1v) is 3.63. The molecule has 0 aromatic rings. The van der Waals surface area contributed by atoms with Crippen molar-refractivity contribution >= 4 is 29.2 Å². The first-order chi connectivity index (χ1) is 3.92. The molecule has 0 aromatic carbocycles. The molecule has 0 bridgehead atoms. The van der Waals surface area contributed by atoms with E-state index in [0.29, 0.717) is 11.0 Å². The molecule has 54 valence electrons. The lowest BCUT2D eigenvalue weighted by Crippen LogP contribution is -2.15. The highest BCUT2D eigenvalue weighted by molar-refractivity contribution is 8.10. The molecule has 9 heavy (non-hydrogen) atoms. The van der Waals surface area contributed by atoms with Gasteiger partial charge in [0.25, 0.3) is 0 Å². The van der Waals surface area contributed by atoms with Crippen LogP contribution in [0.4, 0.5) is 0 Å². The van der Waals surface area contributed by atoms with E-state index < -0.39 is 0 Å². The molecule has 0 heterocycles. The standard InChI is InChI=1S/C6H12OS2/c1-6(2,3)4-7-5(8)9/h4H2,1-3H3,(H,8,9). The third kappa shape index (κ3) is 8.24. The van der Waals surface area contributed by atoms with Crippen LogP contribution in [0.1, 0.15) is 20.8 Å². The van der Waals surface area contributed by atoms with E-state index in [1.807, 2.05) is 0 Å². The van der Waals surface area contributed by atoms with E-state index in [4.69, 9.17) is 4.74 Å². The van der Waals surface area contributed by atoms with E-state index in [-0.39, 0.29) is 5.41 Å². The van der Waals surface area contributed by atoms with E-state index in [9.17, 15) is 0 Å². The third-order valence-corrected chi connectivity index (χ3v) is 0.876. The fraction of sp³-hybridized carbons (Fsp3) is 0.833. The summed E-state index contributed by atoms with van der Waals surface area (Å²) in [5.74, 6) is 0. The Bertz CT molecular complexity index is 104. The number of ether oxygens (including phenoxy) is 1. The predicted molar refractivity (Wildman–Crippen MR) is 47.0 cm³/mol. The normalized spacial score (nSPS) is 11.1. The molecule has 0 N–H and O–H groups in total. The van der Waals surface area contributed by atoms with E-state index in [1.165, 1.54) is 0 Å². The summed E-state index contributed by atoms with van der Waals surface area (Å²) in [6.45, 7) is 6.88. The Morgan fingerprint density at radius 2 is 2.00 bits per heavy atom. The van der Waals surface area contributed by atoms with Crippen molar-refractivity contribution in [2.75, 3.05) is 6.61 Å². The molecule has 0 atom stereocenters. The minimum absolute atomic E-state index is 0.173. The Hall–Kier alpha value is 0.240. The average molecular weight is 164 g/mol. The first-order valence-electron chi connectivity index (χ1n) is 2.77. The maximum absolute atomic E-state index is 5.00. The SMILES string of the molecule is CC(C)(C)COC(=S)S. The van der Waals surface area contributed by atoms with Gasteiger partial charge in [0.2, 0.25) is 4.38 Å². The summed E-state index contributed by atoms with van der Waals surface area (Å²) < 4.78 is 5.33. The van der Waals surface area contributed by atoms with Crippen molar-refractivity contribution in [1.82, 2.24) is 0 Å². The summed E-state index contributed by atoms with van der Waals surface area (Å²) in [7, 11) is 0. The molecule has 0 aliphatic heterocycles. The maximum atomic E-state index is 5.00. The quantitative estimate of drug-likeness (QED) is 0.470. The molecule has 0 aliphatic carbocycles. The van der Waals surface area contributed by atoms with Crippen LogP contribution in [0.2, 0.25) is 0 Å². The van der Waals surface area contributed by atoms with Crippen molar-refractivity contribution in [2.45, 2.75) is 20.8 Å². The van der Waals surface area contributed by atoms with Gasteiger partial charge in [-0.2, -0.15) is 0 Å². The van der Waals surface area contributed by atoms with E-state index in [2.05, 4.69) is 45.6 Å². The van der Waals surface area contributed by atoms with Gasteiger partial charge in [-0.25, -0.2) is 0 Å². The molecule has 0 spiro atoms. The van der Waals surface area contributed by atoms with E-state index in [1.54, 1.807) is 0 Å². The van der Waals surface area contributed by atoms with Crippen molar-refractivity contribution in [3.8, 4) is 0 Å². The zero-order chi connectivity index (χ0) is 7.49. The summed E-state index contributed by atoms with van der Waals surface area (Å²) in [4.78, 5) is 0. The molecule has 0 aromatic heterocycles. The second-order valence-corrected chi connectivity index (χ2v) is 4.19. The zero-order valence-corrected chi connectivity index (χ0v) is 7.68. The van der Waals surface area contributed by atoms with Crippen molar-refractivity contribution < 1.29 is 4.74 Å². The van der Waals surface area contributed by atoms with Crippen molar-refractivity contribution in [3.05, 3.63) is 0 Å². The summed E-state index contributed by atoms with van der Waals surface area (Å²) in [6.07, 6.45) is 0. The number of rotatable bonds is 1. The smallest absolute Gasteiger partial charge is 0.216 e. The van der Waals surface area contributed by atoms with Crippen LogP contribution in [-0.2, 0) is 4.74 Å². The molecule has 0 amide bonds. The molecule has 0 radical (unpaired) electrons. The number of hydrogen-bond donors (Lipinski definition) is 1. The lowest BCUT2D eigenvalue weighted by atomic mass is 9.99. The summed E-state index contributed by atoms with van der Waals surface area (Å²) in [5.41, 5.74) is 0.173. The van der Waals surface area contributed by atoms with Gasteiger partial charge in [-0.05, 0) is 17.6 Å². The Morgan fingerprint density at radius 1 is 1.56 bits per heavy atom. The van der Waals surface area contributed by atoms with Crippen LogP contribution >= 0.6 is 24.8 Å². The molecule has 0 fully saturated rings. The van der Waals surface area contributed by atoms with Crippen LogP contribution in [0.5, 0.6) is 0 Å². The van der Waals surface area contributed by atoms with E-state index >= 15 is 0 Å². The first kappa shape index (κ1) is 9.24. The number of thiol groups is 1. The van der Waals surface area contributed by atoms with Gasteiger partial charge in [0, 0.05) is 0 Å². The largest absolute Gasteiger partial charge is 0.478 e. The van der Waals surface area contributed by atoms with Gasteiger partial charge in [-0.15, -0.1) is 0 Å². The minimum Gasteiger partial charge on any atom is -0.478 e. The highest BCUT2D eigenvalue weighted by Gasteiger charge is 2.10. The lowest BCUT2D eigenvalue weighted by Gasteiger charge is -2.17. The predicted octanol–water partition coefficient (Wildman–Crippen LogP) is 2.26. The van der Waals surface area contributed by atoms with Crippen molar-refractivity contribution in [1.29, 1.82) is 0 Å². The lowest BCUT2D eigenvalue weighted by molar-refractivity contribution is 0.197. The summed E-state index contributed by atoms with van der Waals surface area (Å²) in [5, 5.41) is 0. The fourth-order valence-corrected chi connectivity index (χ4v) is 0.402. The Morgan fingerprint density at radius 3 is 2.11 bits per heavy atom. The second-order valence-electron chi connectivity index (χ2n) is 3.12. The third-order valence-electron chi connectivity index (χ3n) is 0.629.